The first-order chi connectivity index (χ1) is 10.2. The van der Waals surface area contributed by atoms with Gasteiger partial charge in [0.15, 0.2) is 0 Å². The molecule has 2 rings (SSSR count). The number of hydrogen-bond donors (Lipinski definition) is 1. The fourth-order valence-electron chi connectivity index (χ4n) is 1.72. The van der Waals surface area contributed by atoms with Gasteiger partial charge in [-0.25, -0.2) is 8.42 Å². The predicted octanol–water partition coefficient (Wildman–Crippen LogP) is 4.01. The number of aryl methyl sites for hydroxylation is 1. The third-order valence-electron chi connectivity index (χ3n) is 2.88. The topological polar surface area (TPSA) is 89.3 Å². The third-order valence-corrected chi connectivity index (χ3v) is 5.22. The number of anilines is 1. The Morgan fingerprint density at radius 1 is 1.18 bits per heavy atom. The molecule has 6 nitrogen and oxygen atoms in total. The van der Waals surface area contributed by atoms with Crippen molar-refractivity contribution in [2.24, 2.45) is 0 Å². The smallest absolute Gasteiger partial charge is 0.271 e. The molecule has 9 heteroatoms. The molecule has 0 unspecified atom stereocenters. The van der Waals surface area contributed by atoms with Crippen molar-refractivity contribution in [2.45, 2.75) is 11.8 Å². The number of nitrogens with one attached hydrogen (secondary N) is 1. The van der Waals surface area contributed by atoms with Gasteiger partial charge in [-0.1, -0.05) is 35.3 Å². The summed E-state index contributed by atoms with van der Waals surface area (Å²) in [4.78, 5) is 9.98. The first-order valence-corrected chi connectivity index (χ1v) is 8.18. The zero-order valence-electron chi connectivity index (χ0n) is 11.2. The van der Waals surface area contributed by atoms with Gasteiger partial charge >= 0.3 is 0 Å². The maximum atomic E-state index is 12.4. The number of benzene rings is 2. The van der Waals surface area contributed by atoms with Crippen LogP contribution in [0.4, 0.5) is 11.4 Å². The summed E-state index contributed by atoms with van der Waals surface area (Å²) >= 11 is 11.7. The van der Waals surface area contributed by atoms with Gasteiger partial charge in [-0.3, -0.25) is 14.8 Å². The molecule has 2 aromatic rings. The molecule has 116 valence electrons. The molecule has 0 fully saturated rings. The highest BCUT2D eigenvalue weighted by atomic mass is 35.5. The van der Waals surface area contributed by atoms with Crippen LogP contribution in [0.25, 0.3) is 0 Å². The highest BCUT2D eigenvalue weighted by Gasteiger charge is 2.21. The molecule has 0 aliphatic rings. The Labute approximate surface area is 136 Å². The van der Waals surface area contributed by atoms with Gasteiger partial charge in [-0.2, -0.15) is 0 Å². The van der Waals surface area contributed by atoms with Crippen LogP contribution < -0.4 is 4.72 Å². The second kappa shape index (κ2) is 6.12. The minimum Gasteiger partial charge on any atom is -0.279 e. The van der Waals surface area contributed by atoms with E-state index in [1.165, 1.54) is 30.3 Å². The van der Waals surface area contributed by atoms with Crippen LogP contribution in [0.3, 0.4) is 0 Å². The summed E-state index contributed by atoms with van der Waals surface area (Å²) in [7, 11) is -4.02. The van der Waals surface area contributed by atoms with Crippen molar-refractivity contribution >= 4 is 44.6 Å². The maximum absolute atomic E-state index is 12.4. The Morgan fingerprint density at radius 2 is 1.86 bits per heavy atom. The average molecular weight is 361 g/mol. The summed E-state index contributed by atoms with van der Waals surface area (Å²) in [6.07, 6.45) is 0. The normalized spacial score (nSPS) is 11.2. The number of rotatable bonds is 4. The van der Waals surface area contributed by atoms with Crippen LogP contribution in [0.2, 0.25) is 10.0 Å². The monoisotopic (exact) mass is 360 g/mol. The summed E-state index contributed by atoms with van der Waals surface area (Å²) in [5.41, 5.74) is 0.415. The molecule has 0 saturated heterocycles. The van der Waals surface area contributed by atoms with Crippen LogP contribution in [0.1, 0.15) is 5.56 Å². The number of hydrogen-bond acceptors (Lipinski definition) is 4. The van der Waals surface area contributed by atoms with Gasteiger partial charge in [-0.15, -0.1) is 0 Å². The predicted molar refractivity (Wildman–Crippen MR) is 85.1 cm³/mol. The van der Waals surface area contributed by atoms with Crippen molar-refractivity contribution in [1.82, 2.24) is 0 Å². The number of halogens is 2. The van der Waals surface area contributed by atoms with Crippen LogP contribution >= 0.6 is 23.2 Å². The van der Waals surface area contributed by atoms with E-state index in [4.69, 9.17) is 23.2 Å². The van der Waals surface area contributed by atoms with E-state index in [1.807, 2.05) is 0 Å². The Balaban J connectivity index is 2.47. The van der Waals surface area contributed by atoms with E-state index >= 15 is 0 Å². The van der Waals surface area contributed by atoms with E-state index in [1.54, 1.807) is 6.92 Å². The molecule has 0 heterocycles. The largest absolute Gasteiger partial charge is 0.279 e. The molecule has 0 aliphatic carbocycles. The summed E-state index contributed by atoms with van der Waals surface area (Å²) in [5.74, 6) is 0. The molecule has 0 radical (unpaired) electrons. The average Bonchev–Trinajstić information content (AvgIpc) is 2.43. The van der Waals surface area contributed by atoms with Gasteiger partial charge < -0.3 is 0 Å². The molecule has 0 aromatic heterocycles. The lowest BCUT2D eigenvalue weighted by Crippen LogP contribution is -2.14. The first-order valence-electron chi connectivity index (χ1n) is 5.94. The molecule has 2 aromatic carbocycles. The SMILES string of the molecule is Cc1ccc([N+](=O)[O-])cc1NS(=O)(=O)c1cccc(Cl)c1Cl. The van der Waals surface area contributed by atoms with Crippen LogP contribution in [0, 0.1) is 17.0 Å². The van der Waals surface area contributed by atoms with Crippen LogP contribution in [-0.2, 0) is 10.0 Å². The quantitative estimate of drug-likeness (QED) is 0.658. The van der Waals surface area contributed by atoms with Crippen molar-refractivity contribution in [3.05, 3.63) is 62.1 Å². The van der Waals surface area contributed by atoms with E-state index in [9.17, 15) is 18.5 Å². The Bertz CT molecular complexity index is 853. The van der Waals surface area contributed by atoms with E-state index in [2.05, 4.69) is 4.72 Å². The Kier molecular flexibility index (Phi) is 4.60. The standard InChI is InChI=1S/C13H10Cl2N2O4S/c1-8-5-6-9(17(18)19)7-11(8)16-22(20,21)12-4-2-3-10(14)13(12)15/h2-7,16H,1H3. The van der Waals surface area contributed by atoms with E-state index < -0.39 is 14.9 Å². The minimum atomic E-state index is -4.02. The van der Waals surface area contributed by atoms with Gasteiger partial charge in [0.2, 0.25) is 0 Å². The summed E-state index contributed by atoms with van der Waals surface area (Å²) in [5, 5.41) is 10.8. The van der Waals surface area contributed by atoms with Crippen molar-refractivity contribution < 1.29 is 13.3 Å². The summed E-state index contributed by atoms with van der Waals surface area (Å²) < 4.78 is 27.1. The second-order valence-corrected chi connectivity index (χ2v) is 6.85. The Morgan fingerprint density at radius 3 is 2.50 bits per heavy atom. The highest BCUT2D eigenvalue weighted by Crippen LogP contribution is 2.31. The van der Waals surface area contributed by atoms with E-state index in [0.29, 0.717) is 5.56 Å². The molecule has 1 N–H and O–H groups in total. The fourth-order valence-corrected chi connectivity index (χ4v) is 3.61. The molecule has 0 spiro atoms. The lowest BCUT2D eigenvalue weighted by atomic mass is 10.2. The Hall–Kier alpha value is -1.83. The number of nitro groups is 1. The molecule has 22 heavy (non-hydrogen) atoms. The van der Waals surface area contributed by atoms with Gasteiger partial charge in [-0.05, 0) is 24.6 Å². The number of non-ortho nitro benzene ring substituents is 1. The zero-order chi connectivity index (χ0) is 16.5. The molecular weight excluding hydrogens is 351 g/mol. The second-order valence-electron chi connectivity index (χ2n) is 4.41. The minimum absolute atomic E-state index is 0.0975. The number of sulfonamides is 1. The highest BCUT2D eigenvalue weighted by molar-refractivity contribution is 7.92. The van der Waals surface area contributed by atoms with Crippen molar-refractivity contribution in [2.75, 3.05) is 4.72 Å². The van der Waals surface area contributed by atoms with E-state index in [0.717, 1.165) is 6.07 Å². The van der Waals surface area contributed by atoms with Gasteiger partial charge in [0.05, 0.1) is 20.7 Å². The number of nitro benzene ring substituents is 1. The summed E-state index contributed by atoms with van der Waals surface area (Å²) in [6, 6.07) is 8.09. The van der Waals surface area contributed by atoms with Crippen molar-refractivity contribution in [3.8, 4) is 0 Å². The van der Waals surface area contributed by atoms with Crippen LogP contribution in [-0.4, -0.2) is 13.3 Å². The molecule has 0 amide bonds. The van der Waals surface area contributed by atoms with E-state index in [-0.39, 0.29) is 26.3 Å². The maximum Gasteiger partial charge on any atom is 0.271 e. The lowest BCUT2D eigenvalue weighted by molar-refractivity contribution is -0.384. The van der Waals surface area contributed by atoms with Crippen LogP contribution in [0.5, 0.6) is 0 Å². The van der Waals surface area contributed by atoms with Gasteiger partial charge in [0, 0.05) is 12.1 Å². The molecule has 0 atom stereocenters. The first kappa shape index (κ1) is 16.5. The lowest BCUT2D eigenvalue weighted by Gasteiger charge is -2.12. The van der Waals surface area contributed by atoms with Gasteiger partial charge in [0.1, 0.15) is 4.90 Å². The van der Waals surface area contributed by atoms with Crippen LogP contribution in [0.15, 0.2) is 41.3 Å². The molecule has 0 aliphatic heterocycles. The van der Waals surface area contributed by atoms with Crippen molar-refractivity contribution in [1.29, 1.82) is 0 Å². The molecule has 0 saturated carbocycles. The van der Waals surface area contributed by atoms with Gasteiger partial charge in [0.25, 0.3) is 15.7 Å². The number of nitrogens with zero attached hydrogens (tertiary/aromatic N) is 1. The molecule has 0 bridgehead atoms. The summed E-state index contributed by atoms with van der Waals surface area (Å²) in [6.45, 7) is 1.63. The molecular formula is C13H10Cl2N2O4S. The van der Waals surface area contributed by atoms with Crippen molar-refractivity contribution in [3.63, 3.8) is 0 Å². The fraction of sp³-hybridized carbons (Fsp3) is 0.0769. The zero-order valence-corrected chi connectivity index (χ0v) is 13.5. The third kappa shape index (κ3) is 3.32.